The van der Waals surface area contributed by atoms with Gasteiger partial charge in [-0.1, -0.05) is 12.1 Å². The first-order chi connectivity index (χ1) is 17.7. The molecule has 3 aromatic rings. The van der Waals surface area contributed by atoms with Crippen LogP contribution in [0.4, 0.5) is 4.39 Å². The Kier molecular flexibility index (Phi) is 8.03. The van der Waals surface area contributed by atoms with Crippen molar-refractivity contribution in [1.82, 2.24) is 14.9 Å². The van der Waals surface area contributed by atoms with Crippen LogP contribution in [0.2, 0.25) is 0 Å². The molecule has 9 nitrogen and oxygen atoms in total. The van der Waals surface area contributed by atoms with Crippen molar-refractivity contribution in [1.29, 1.82) is 0 Å². The summed E-state index contributed by atoms with van der Waals surface area (Å²) in [5.41, 5.74) is 1.39. The van der Waals surface area contributed by atoms with Gasteiger partial charge in [-0.15, -0.1) is 0 Å². The van der Waals surface area contributed by atoms with Gasteiger partial charge in [0.25, 0.3) is 0 Å². The molecule has 0 radical (unpaired) electrons. The zero-order valence-corrected chi connectivity index (χ0v) is 21.6. The van der Waals surface area contributed by atoms with Gasteiger partial charge < -0.3 is 19.0 Å². The van der Waals surface area contributed by atoms with Crippen molar-refractivity contribution in [3.8, 4) is 23.3 Å². The van der Waals surface area contributed by atoms with Gasteiger partial charge in [0.1, 0.15) is 24.5 Å². The Morgan fingerprint density at radius 2 is 1.76 bits per heavy atom. The molecule has 1 fully saturated rings. The van der Waals surface area contributed by atoms with Crippen molar-refractivity contribution in [3.05, 3.63) is 65.7 Å². The number of ether oxygens (including phenoxy) is 3. The van der Waals surface area contributed by atoms with E-state index in [1.165, 1.54) is 18.5 Å². The molecule has 1 unspecified atom stereocenters. The number of rotatable bonds is 9. The molecule has 0 bridgehead atoms. The van der Waals surface area contributed by atoms with Crippen molar-refractivity contribution in [2.75, 3.05) is 26.5 Å². The highest BCUT2D eigenvalue weighted by molar-refractivity contribution is 7.90. The molecule has 0 aliphatic carbocycles. The maximum Gasteiger partial charge on any atom is 0.229 e. The molecule has 0 amide bonds. The first-order valence-corrected chi connectivity index (χ1v) is 13.6. The van der Waals surface area contributed by atoms with E-state index in [2.05, 4.69) is 14.9 Å². The van der Waals surface area contributed by atoms with Gasteiger partial charge in [0, 0.05) is 19.3 Å². The summed E-state index contributed by atoms with van der Waals surface area (Å²) >= 11 is 0. The molecule has 4 rings (SSSR count). The number of nitrogens with zero attached hydrogens (tertiary/aromatic N) is 3. The number of piperidine rings is 1. The molecule has 2 aromatic carbocycles. The number of carbonyl (C=O) groups is 1. The quantitative estimate of drug-likeness (QED) is 0.381. The lowest BCUT2D eigenvalue weighted by molar-refractivity contribution is -0.113. The summed E-state index contributed by atoms with van der Waals surface area (Å²) in [6.07, 6.45) is 4.45. The van der Waals surface area contributed by atoms with E-state index >= 15 is 0 Å². The second kappa shape index (κ2) is 11.2. The standard InChI is InChI=1S/C26H28FN3O6S/c1-17-25(28-16-29-26(17)36-24-9-8-21(14-22(24)27)37(3,32)33)35-20-10-12-30(13-11-20)23(15-31)18-4-6-19(34-2)7-5-18/h4-9,14-16,20,23H,10-13H2,1-3H3. The lowest BCUT2D eigenvalue weighted by Gasteiger charge is -2.35. The van der Waals surface area contributed by atoms with Crippen molar-refractivity contribution in [2.24, 2.45) is 0 Å². The first kappa shape index (κ1) is 26.5. The minimum Gasteiger partial charge on any atom is -0.497 e. The summed E-state index contributed by atoms with van der Waals surface area (Å²) < 4.78 is 54.7. The summed E-state index contributed by atoms with van der Waals surface area (Å²) in [7, 11) is -1.95. The minimum atomic E-state index is -3.55. The lowest BCUT2D eigenvalue weighted by Crippen LogP contribution is -2.41. The van der Waals surface area contributed by atoms with Crippen LogP contribution in [-0.2, 0) is 14.6 Å². The highest BCUT2D eigenvalue weighted by Crippen LogP contribution is 2.32. The summed E-state index contributed by atoms with van der Waals surface area (Å²) in [6, 6.07) is 10.5. The second-order valence-electron chi connectivity index (χ2n) is 8.78. The van der Waals surface area contributed by atoms with Crippen LogP contribution in [0.15, 0.2) is 53.7 Å². The smallest absolute Gasteiger partial charge is 0.229 e. The average Bonchev–Trinajstić information content (AvgIpc) is 2.88. The topological polar surface area (TPSA) is 108 Å². The number of halogens is 1. The molecule has 11 heteroatoms. The van der Waals surface area contributed by atoms with Gasteiger partial charge in [0.2, 0.25) is 11.8 Å². The Morgan fingerprint density at radius 1 is 1.08 bits per heavy atom. The monoisotopic (exact) mass is 529 g/mol. The van der Waals surface area contributed by atoms with Gasteiger partial charge in [0.05, 0.1) is 23.6 Å². The van der Waals surface area contributed by atoms with Crippen molar-refractivity contribution in [3.63, 3.8) is 0 Å². The van der Waals surface area contributed by atoms with E-state index in [4.69, 9.17) is 14.2 Å². The molecular weight excluding hydrogens is 501 g/mol. The largest absolute Gasteiger partial charge is 0.497 e. The normalized spacial score (nSPS) is 15.7. The van der Waals surface area contributed by atoms with Crippen LogP contribution in [0, 0.1) is 12.7 Å². The summed E-state index contributed by atoms with van der Waals surface area (Å²) in [4.78, 5) is 22.1. The number of carbonyl (C=O) groups excluding carboxylic acids is 1. The predicted molar refractivity (Wildman–Crippen MR) is 133 cm³/mol. The van der Waals surface area contributed by atoms with Crippen LogP contribution in [-0.4, -0.2) is 62.1 Å². The zero-order valence-electron chi connectivity index (χ0n) is 20.8. The maximum absolute atomic E-state index is 14.5. The summed E-state index contributed by atoms with van der Waals surface area (Å²) in [5, 5.41) is 0. The number of aldehydes is 1. The van der Waals surface area contributed by atoms with Crippen molar-refractivity contribution in [2.45, 2.75) is 36.8 Å². The number of hydrogen-bond acceptors (Lipinski definition) is 9. The highest BCUT2D eigenvalue weighted by Gasteiger charge is 2.28. The highest BCUT2D eigenvalue weighted by atomic mass is 32.2. The zero-order chi connectivity index (χ0) is 26.6. The molecule has 2 heterocycles. The number of likely N-dealkylation sites (tertiary alicyclic amines) is 1. The molecule has 1 aliphatic heterocycles. The third kappa shape index (κ3) is 6.23. The van der Waals surface area contributed by atoms with E-state index in [-0.39, 0.29) is 28.7 Å². The van der Waals surface area contributed by atoms with E-state index in [1.807, 2.05) is 24.3 Å². The summed E-state index contributed by atoms with van der Waals surface area (Å²) in [6.45, 7) is 3.02. The van der Waals surface area contributed by atoms with E-state index < -0.39 is 15.7 Å². The van der Waals surface area contributed by atoms with Crippen LogP contribution >= 0.6 is 0 Å². The van der Waals surface area contributed by atoms with Crippen LogP contribution in [0.25, 0.3) is 0 Å². The van der Waals surface area contributed by atoms with Gasteiger partial charge in [0.15, 0.2) is 21.4 Å². The van der Waals surface area contributed by atoms with E-state index in [1.54, 1.807) is 14.0 Å². The van der Waals surface area contributed by atoms with E-state index in [0.29, 0.717) is 37.4 Å². The van der Waals surface area contributed by atoms with Crippen LogP contribution in [0.1, 0.15) is 30.0 Å². The Hall–Kier alpha value is -3.57. The Labute approximate surface area is 215 Å². The predicted octanol–water partition coefficient (Wildman–Crippen LogP) is 3.91. The molecule has 0 spiro atoms. The molecule has 1 aromatic heterocycles. The number of methoxy groups -OCH3 is 1. The Balaban J connectivity index is 1.40. The lowest BCUT2D eigenvalue weighted by atomic mass is 10.0. The maximum atomic E-state index is 14.5. The summed E-state index contributed by atoms with van der Waals surface area (Å²) in [5.74, 6) is 0.176. The molecular formula is C26H28FN3O6S. The first-order valence-electron chi connectivity index (χ1n) is 11.7. The van der Waals surface area contributed by atoms with Gasteiger partial charge >= 0.3 is 0 Å². The molecule has 1 atom stereocenters. The fourth-order valence-corrected chi connectivity index (χ4v) is 4.78. The fraction of sp³-hybridized carbons (Fsp3) is 0.346. The molecule has 196 valence electrons. The average molecular weight is 530 g/mol. The Morgan fingerprint density at radius 3 is 2.35 bits per heavy atom. The Bertz CT molecular complexity index is 1360. The van der Waals surface area contributed by atoms with E-state index in [0.717, 1.165) is 29.9 Å². The SMILES string of the molecule is COc1ccc(C(C=O)N2CCC(Oc3ncnc(Oc4ccc(S(C)(=O)=O)cc4F)c3C)CC2)cc1. The number of hydrogen-bond donors (Lipinski definition) is 0. The number of sulfone groups is 1. The van der Waals surface area contributed by atoms with Gasteiger partial charge in [-0.2, -0.15) is 0 Å². The fourth-order valence-electron chi connectivity index (χ4n) is 4.15. The third-order valence-corrected chi connectivity index (χ3v) is 7.37. The molecule has 0 N–H and O–H groups in total. The van der Waals surface area contributed by atoms with Crippen LogP contribution < -0.4 is 14.2 Å². The van der Waals surface area contributed by atoms with Crippen molar-refractivity contribution < 1.29 is 31.8 Å². The van der Waals surface area contributed by atoms with Crippen LogP contribution in [0.5, 0.6) is 23.3 Å². The minimum absolute atomic E-state index is 0.106. The molecule has 37 heavy (non-hydrogen) atoms. The second-order valence-corrected chi connectivity index (χ2v) is 10.8. The number of aromatic nitrogens is 2. The van der Waals surface area contributed by atoms with Crippen molar-refractivity contribution >= 4 is 16.1 Å². The molecule has 1 aliphatic rings. The van der Waals surface area contributed by atoms with Gasteiger partial charge in [-0.05, 0) is 55.7 Å². The van der Waals surface area contributed by atoms with Gasteiger partial charge in [-0.3, -0.25) is 4.90 Å². The third-order valence-electron chi connectivity index (χ3n) is 6.26. The van der Waals surface area contributed by atoms with Gasteiger partial charge in [-0.25, -0.2) is 22.8 Å². The number of benzene rings is 2. The molecule has 0 saturated carbocycles. The van der Waals surface area contributed by atoms with Crippen LogP contribution in [0.3, 0.4) is 0 Å². The van der Waals surface area contributed by atoms with E-state index in [9.17, 15) is 17.6 Å². The molecule has 1 saturated heterocycles.